The molecule has 0 atom stereocenters. The van der Waals surface area contributed by atoms with Crippen LogP contribution in [0.5, 0.6) is 23.0 Å². The average molecular weight is 489 g/mol. The van der Waals surface area contributed by atoms with Gasteiger partial charge in [0.05, 0.1) is 61.9 Å². The summed E-state index contributed by atoms with van der Waals surface area (Å²) in [6.45, 7) is 0. The van der Waals surface area contributed by atoms with Crippen molar-refractivity contribution in [1.29, 1.82) is 0 Å². The van der Waals surface area contributed by atoms with Gasteiger partial charge in [0, 0.05) is 17.0 Å². The van der Waals surface area contributed by atoms with Crippen molar-refractivity contribution in [2.75, 3.05) is 33.8 Å². The fraction of sp³-hybridized carbons (Fsp3) is 0.154. The molecule has 4 rings (SSSR count). The minimum absolute atomic E-state index is 0.149. The Bertz CT molecular complexity index is 1440. The number of fused-ring (bicyclic) bond motifs is 1. The smallest absolute Gasteiger partial charge is 0.273 e. The first kappa shape index (κ1) is 24.3. The number of amides is 1. The molecule has 3 aromatic carbocycles. The molecule has 184 valence electrons. The molecule has 1 N–H and O–H groups in total. The first-order chi connectivity index (χ1) is 17.4. The van der Waals surface area contributed by atoms with Crippen molar-refractivity contribution in [1.82, 2.24) is 4.98 Å². The number of hydrogen-bond acceptors (Lipinski definition) is 8. The first-order valence-corrected chi connectivity index (χ1v) is 10.7. The predicted octanol–water partition coefficient (Wildman–Crippen LogP) is 5.10. The van der Waals surface area contributed by atoms with Gasteiger partial charge >= 0.3 is 0 Å². The highest BCUT2D eigenvalue weighted by atomic mass is 16.6. The minimum Gasteiger partial charge on any atom is -0.494 e. The Balaban J connectivity index is 1.82. The third-order valence-corrected chi connectivity index (χ3v) is 5.57. The molecule has 0 aliphatic carbocycles. The molecule has 4 aromatic rings. The normalized spacial score (nSPS) is 10.6. The summed E-state index contributed by atoms with van der Waals surface area (Å²) in [6, 6.07) is 16.4. The summed E-state index contributed by atoms with van der Waals surface area (Å²) in [7, 11) is 5.93. The molecule has 0 aliphatic rings. The monoisotopic (exact) mass is 489 g/mol. The first-order valence-electron chi connectivity index (χ1n) is 10.7. The lowest BCUT2D eigenvalue weighted by atomic mass is 10.0. The van der Waals surface area contributed by atoms with Crippen LogP contribution in [0.1, 0.15) is 10.4 Å². The molecule has 10 nitrogen and oxygen atoms in total. The van der Waals surface area contributed by atoms with Crippen LogP contribution in [0.4, 0.5) is 11.4 Å². The maximum absolute atomic E-state index is 13.4. The van der Waals surface area contributed by atoms with Crippen LogP contribution >= 0.6 is 0 Å². The molecule has 1 amide bonds. The van der Waals surface area contributed by atoms with Crippen LogP contribution in [-0.2, 0) is 0 Å². The maximum Gasteiger partial charge on any atom is 0.273 e. The molecule has 36 heavy (non-hydrogen) atoms. The Hall–Kier alpha value is -4.86. The zero-order chi connectivity index (χ0) is 25.8. The topological polar surface area (TPSA) is 122 Å². The molecule has 0 bridgehead atoms. The van der Waals surface area contributed by atoms with Crippen LogP contribution in [0.3, 0.4) is 0 Å². The number of benzene rings is 3. The second-order valence-electron chi connectivity index (χ2n) is 7.58. The van der Waals surface area contributed by atoms with Crippen molar-refractivity contribution < 1.29 is 28.7 Å². The fourth-order valence-electron chi connectivity index (χ4n) is 3.83. The number of hydrogen-bond donors (Lipinski definition) is 1. The van der Waals surface area contributed by atoms with E-state index in [2.05, 4.69) is 5.32 Å². The van der Waals surface area contributed by atoms with E-state index >= 15 is 0 Å². The second-order valence-corrected chi connectivity index (χ2v) is 7.58. The van der Waals surface area contributed by atoms with Gasteiger partial charge in [0.2, 0.25) is 5.75 Å². The van der Waals surface area contributed by atoms with Crippen LogP contribution in [0.25, 0.3) is 22.2 Å². The summed E-state index contributed by atoms with van der Waals surface area (Å²) < 4.78 is 21.6. The molecular formula is C26H23N3O7. The van der Waals surface area contributed by atoms with E-state index in [4.69, 9.17) is 23.9 Å². The number of non-ortho nitro benzene ring substituents is 1. The van der Waals surface area contributed by atoms with Crippen molar-refractivity contribution in [2.24, 2.45) is 0 Å². The molecule has 0 aliphatic heterocycles. The quantitative estimate of drug-likeness (QED) is 0.268. The van der Waals surface area contributed by atoms with Crippen molar-refractivity contribution in [2.45, 2.75) is 0 Å². The summed E-state index contributed by atoms with van der Waals surface area (Å²) in [5.74, 6) is 1.06. The van der Waals surface area contributed by atoms with Crippen LogP contribution < -0.4 is 24.3 Å². The van der Waals surface area contributed by atoms with Gasteiger partial charge in [-0.15, -0.1) is 0 Å². The second kappa shape index (κ2) is 10.2. The Morgan fingerprint density at radius 3 is 2.14 bits per heavy atom. The fourth-order valence-corrected chi connectivity index (χ4v) is 3.83. The van der Waals surface area contributed by atoms with Gasteiger partial charge < -0.3 is 24.3 Å². The number of carbonyl (C=O) groups excluding carboxylic acids is 1. The van der Waals surface area contributed by atoms with Crippen molar-refractivity contribution in [3.63, 3.8) is 0 Å². The molecule has 0 saturated carbocycles. The average Bonchev–Trinajstić information content (AvgIpc) is 2.91. The summed E-state index contributed by atoms with van der Waals surface area (Å²) in [4.78, 5) is 28.8. The molecule has 0 fully saturated rings. The maximum atomic E-state index is 13.4. The number of para-hydroxylation sites is 1. The van der Waals surface area contributed by atoms with E-state index in [-0.39, 0.29) is 11.4 Å². The number of nitro groups is 1. The molecule has 0 unspecified atom stereocenters. The number of nitrogens with one attached hydrogen (secondary N) is 1. The van der Waals surface area contributed by atoms with Gasteiger partial charge in [-0.3, -0.25) is 14.9 Å². The number of aromatic nitrogens is 1. The van der Waals surface area contributed by atoms with Crippen LogP contribution in [-0.4, -0.2) is 44.3 Å². The van der Waals surface area contributed by atoms with E-state index in [1.54, 1.807) is 30.3 Å². The Morgan fingerprint density at radius 1 is 0.861 bits per heavy atom. The SMILES string of the molecule is COc1cc([N+](=O)[O-])ccc1NC(=O)c1cc(-c2cc(OC)c(OC)c(OC)c2)nc2ccccc12. The minimum atomic E-state index is -0.534. The summed E-state index contributed by atoms with van der Waals surface area (Å²) in [6.07, 6.45) is 0. The third-order valence-electron chi connectivity index (χ3n) is 5.57. The van der Waals surface area contributed by atoms with Crippen LogP contribution in [0, 0.1) is 10.1 Å². The van der Waals surface area contributed by atoms with E-state index in [9.17, 15) is 14.9 Å². The van der Waals surface area contributed by atoms with E-state index in [0.717, 1.165) is 0 Å². The van der Waals surface area contributed by atoms with Gasteiger partial charge in [0.1, 0.15) is 5.75 Å². The summed E-state index contributed by atoms with van der Waals surface area (Å²) >= 11 is 0. The Labute approximate surface area is 206 Å². The molecule has 1 aromatic heterocycles. The lowest BCUT2D eigenvalue weighted by Gasteiger charge is -2.15. The largest absolute Gasteiger partial charge is 0.494 e. The summed E-state index contributed by atoms with van der Waals surface area (Å²) in [5.41, 5.74) is 2.26. The molecule has 10 heteroatoms. The Morgan fingerprint density at radius 2 is 1.53 bits per heavy atom. The van der Waals surface area contributed by atoms with Gasteiger partial charge in [-0.05, 0) is 30.3 Å². The number of nitrogens with zero attached hydrogens (tertiary/aromatic N) is 2. The lowest BCUT2D eigenvalue weighted by Crippen LogP contribution is -2.14. The van der Waals surface area contributed by atoms with Gasteiger partial charge in [0.25, 0.3) is 11.6 Å². The standard InChI is InChI=1S/C26H23N3O7/c1-33-22-13-16(29(31)32)9-10-20(22)28-26(30)18-14-21(27-19-8-6-5-7-17(18)19)15-11-23(34-2)25(36-4)24(12-15)35-3/h5-14H,1-4H3,(H,28,30). The highest BCUT2D eigenvalue weighted by Gasteiger charge is 2.20. The Kier molecular flexibility index (Phi) is 6.86. The lowest BCUT2D eigenvalue weighted by molar-refractivity contribution is -0.384. The zero-order valence-electron chi connectivity index (χ0n) is 20.0. The summed E-state index contributed by atoms with van der Waals surface area (Å²) in [5, 5.41) is 14.5. The molecular weight excluding hydrogens is 466 g/mol. The number of methoxy groups -OCH3 is 4. The number of pyridine rings is 1. The number of anilines is 1. The van der Waals surface area contributed by atoms with Crippen molar-refractivity contribution in [3.05, 3.63) is 76.3 Å². The van der Waals surface area contributed by atoms with Crippen LogP contribution in [0.2, 0.25) is 0 Å². The molecule has 1 heterocycles. The number of ether oxygens (including phenoxy) is 4. The highest BCUT2D eigenvalue weighted by Crippen LogP contribution is 2.41. The van der Waals surface area contributed by atoms with E-state index in [1.165, 1.54) is 46.6 Å². The van der Waals surface area contributed by atoms with Gasteiger partial charge in [-0.2, -0.15) is 0 Å². The molecule has 0 saturated heterocycles. The van der Waals surface area contributed by atoms with Crippen molar-refractivity contribution in [3.8, 4) is 34.3 Å². The van der Waals surface area contributed by atoms with E-state index in [1.807, 2.05) is 12.1 Å². The van der Waals surface area contributed by atoms with E-state index < -0.39 is 10.8 Å². The molecule has 0 spiro atoms. The van der Waals surface area contributed by atoms with Crippen molar-refractivity contribution >= 4 is 28.2 Å². The zero-order valence-corrected chi connectivity index (χ0v) is 20.0. The molecule has 0 radical (unpaired) electrons. The number of carbonyl (C=O) groups is 1. The van der Waals surface area contributed by atoms with E-state index in [0.29, 0.717) is 50.7 Å². The number of rotatable bonds is 8. The van der Waals surface area contributed by atoms with Gasteiger partial charge in [-0.1, -0.05) is 18.2 Å². The number of nitro benzene ring substituents is 1. The predicted molar refractivity (Wildman–Crippen MR) is 134 cm³/mol. The van der Waals surface area contributed by atoms with Crippen LogP contribution in [0.15, 0.2) is 60.7 Å². The highest BCUT2D eigenvalue weighted by molar-refractivity contribution is 6.13. The third kappa shape index (κ3) is 4.56. The van der Waals surface area contributed by atoms with Gasteiger partial charge in [-0.25, -0.2) is 4.98 Å². The van der Waals surface area contributed by atoms with Gasteiger partial charge in [0.15, 0.2) is 11.5 Å².